The average Bonchev–Trinajstić information content (AvgIpc) is 2.36. The van der Waals surface area contributed by atoms with Crippen LogP contribution in [0.5, 0.6) is 0 Å². The standard InChI is InChI=1S/C17H16ClFO/c1-9-7-10(2)12(4)16(11(9)3)17(20)14-6-5-13(18)8-15(14)19/h5-8H,1-4H3. The number of carbonyl (C=O) groups is 1. The molecule has 2 aromatic rings. The van der Waals surface area contributed by atoms with Gasteiger partial charge in [0.25, 0.3) is 0 Å². The Balaban J connectivity index is 2.65. The van der Waals surface area contributed by atoms with Gasteiger partial charge in [-0.3, -0.25) is 4.79 Å². The summed E-state index contributed by atoms with van der Waals surface area (Å²) < 4.78 is 13.9. The predicted molar refractivity (Wildman–Crippen MR) is 80.2 cm³/mol. The zero-order chi connectivity index (χ0) is 15.0. The maximum Gasteiger partial charge on any atom is 0.196 e. The van der Waals surface area contributed by atoms with E-state index in [1.165, 1.54) is 18.2 Å². The molecule has 0 aliphatic carbocycles. The maximum absolute atomic E-state index is 13.9. The number of halogens is 2. The highest BCUT2D eigenvalue weighted by molar-refractivity contribution is 6.30. The van der Waals surface area contributed by atoms with Crippen LogP contribution in [0.3, 0.4) is 0 Å². The lowest BCUT2D eigenvalue weighted by atomic mass is 9.89. The monoisotopic (exact) mass is 290 g/mol. The number of benzene rings is 2. The number of carbonyl (C=O) groups excluding carboxylic acids is 1. The Labute approximate surface area is 123 Å². The highest BCUT2D eigenvalue weighted by atomic mass is 35.5. The second-order valence-corrected chi connectivity index (χ2v) is 5.53. The molecule has 0 heterocycles. The summed E-state index contributed by atoms with van der Waals surface area (Å²) in [6.45, 7) is 7.69. The fourth-order valence-electron chi connectivity index (χ4n) is 2.37. The molecule has 0 amide bonds. The molecule has 0 saturated heterocycles. The fraction of sp³-hybridized carbons (Fsp3) is 0.235. The first-order valence-corrected chi connectivity index (χ1v) is 6.78. The molecule has 0 aliphatic heterocycles. The van der Waals surface area contributed by atoms with Gasteiger partial charge in [0.1, 0.15) is 5.82 Å². The van der Waals surface area contributed by atoms with Crippen LogP contribution in [-0.2, 0) is 0 Å². The Hall–Kier alpha value is -1.67. The quantitative estimate of drug-likeness (QED) is 0.716. The van der Waals surface area contributed by atoms with E-state index in [1.807, 2.05) is 33.8 Å². The number of ketones is 1. The van der Waals surface area contributed by atoms with E-state index < -0.39 is 5.82 Å². The summed E-state index contributed by atoms with van der Waals surface area (Å²) in [7, 11) is 0. The Bertz CT molecular complexity index is 678. The Morgan fingerprint density at radius 1 is 1.00 bits per heavy atom. The summed E-state index contributed by atoms with van der Waals surface area (Å²) in [5, 5.41) is 0.285. The maximum atomic E-state index is 13.9. The molecule has 3 heteroatoms. The van der Waals surface area contributed by atoms with Crippen LogP contribution < -0.4 is 0 Å². The van der Waals surface area contributed by atoms with E-state index in [1.54, 1.807) is 0 Å². The van der Waals surface area contributed by atoms with Gasteiger partial charge < -0.3 is 0 Å². The molecular formula is C17H16ClFO. The van der Waals surface area contributed by atoms with Crippen LogP contribution in [0.2, 0.25) is 5.02 Å². The molecule has 2 rings (SSSR count). The van der Waals surface area contributed by atoms with Gasteiger partial charge in [-0.1, -0.05) is 17.7 Å². The van der Waals surface area contributed by atoms with Crippen molar-refractivity contribution in [2.75, 3.05) is 0 Å². The smallest absolute Gasteiger partial charge is 0.196 e. The van der Waals surface area contributed by atoms with Gasteiger partial charge in [0.05, 0.1) is 5.56 Å². The molecule has 0 bridgehead atoms. The second kappa shape index (κ2) is 5.37. The molecule has 1 nitrogen and oxygen atoms in total. The summed E-state index contributed by atoms with van der Waals surface area (Å²) in [6, 6.07) is 6.18. The van der Waals surface area contributed by atoms with Crippen LogP contribution in [0.25, 0.3) is 0 Å². The lowest BCUT2D eigenvalue weighted by Gasteiger charge is -2.14. The first-order chi connectivity index (χ1) is 9.32. The van der Waals surface area contributed by atoms with Crippen LogP contribution in [-0.4, -0.2) is 5.78 Å². The van der Waals surface area contributed by atoms with E-state index in [0.717, 1.165) is 22.3 Å². The van der Waals surface area contributed by atoms with Gasteiger partial charge in [-0.2, -0.15) is 0 Å². The summed E-state index contributed by atoms with van der Waals surface area (Å²) in [4.78, 5) is 12.6. The highest BCUT2D eigenvalue weighted by Gasteiger charge is 2.20. The normalized spacial score (nSPS) is 10.7. The van der Waals surface area contributed by atoms with Gasteiger partial charge in [-0.15, -0.1) is 0 Å². The zero-order valence-electron chi connectivity index (χ0n) is 12.0. The molecule has 0 atom stereocenters. The number of aryl methyl sites for hydroxylation is 2. The van der Waals surface area contributed by atoms with Crippen molar-refractivity contribution in [2.24, 2.45) is 0 Å². The van der Waals surface area contributed by atoms with Crippen LogP contribution in [0.4, 0.5) is 4.39 Å². The summed E-state index contributed by atoms with van der Waals surface area (Å²) in [5.74, 6) is -0.874. The molecule has 0 aliphatic rings. The molecule has 2 aromatic carbocycles. The third-order valence-electron chi connectivity index (χ3n) is 3.77. The molecule has 0 aromatic heterocycles. The third-order valence-corrected chi connectivity index (χ3v) is 4.00. The lowest BCUT2D eigenvalue weighted by Crippen LogP contribution is -2.10. The summed E-state index contributed by atoms with van der Waals surface area (Å²) in [6.07, 6.45) is 0. The minimum absolute atomic E-state index is 0.0607. The number of rotatable bonds is 2. The van der Waals surface area contributed by atoms with E-state index in [4.69, 9.17) is 11.6 Å². The molecule has 0 fully saturated rings. The summed E-state index contributed by atoms with van der Waals surface area (Å²) in [5.41, 5.74) is 4.51. The van der Waals surface area contributed by atoms with Crippen LogP contribution >= 0.6 is 11.6 Å². The van der Waals surface area contributed by atoms with Crippen LogP contribution in [0.1, 0.15) is 38.2 Å². The molecular weight excluding hydrogens is 275 g/mol. The first kappa shape index (κ1) is 14.7. The van der Waals surface area contributed by atoms with Gasteiger partial charge in [0.2, 0.25) is 0 Å². The van der Waals surface area contributed by atoms with E-state index >= 15 is 0 Å². The molecule has 0 spiro atoms. The van der Waals surface area contributed by atoms with E-state index in [-0.39, 0.29) is 16.4 Å². The van der Waals surface area contributed by atoms with Crippen LogP contribution in [0, 0.1) is 33.5 Å². The van der Waals surface area contributed by atoms with Crippen molar-refractivity contribution in [3.05, 3.63) is 68.5 Å². The van der Waals surface area contributed by atoms with Crippen molar-refractivity contribution in [2.45, 2.75) is 27.7 Å². The minimum atomic E-state index is -0.583. The third kappa shape index (κ3) is 2.48. The second-order valence-electron chi connectivity index (χ2n) is 5.09. The number of hydrogen-bond donors (Lipinski definition) is 0. The van der Waals surface area contributed by atoms with Crippen molar-refractivity contribution in [1.29, 1.82) is 0 Å². The molecule has 0 N–H and O–H groups in total. The molecule has 104 valence electrons. The number of hydrogen-bond acceptors (Lipinski definition) is 1. The van der Waals surface area contributed by atoms with Gasteiger partial charge in [0, 0.05) is 10.6 Å². The molecule has 20 heavy (non-hydrogen) atoms. The largest absolute Gasteiger partial charge is 0.288 e. The first-order valence-electron chi connectivity index (χ1n) is 6.40. The van der Waals surface area contributed by atoms with E-state index in [2.05, 4.69) is 0 Å². The van der Waals surface area contributed by atoms with Gasteiger partial charge in [-0.25, -0.2) is 4.39 Å². The Kier molecular flexibility index (Phi) is 3.96. The molecule has 0 unspecified atom stereocenters. The minimum Gasteiger partial charge on any atom is -0.288 e. The SMILES string of the molecule is Cc1cc(C)c(C)c(C(=O)c2ccc(Cl)cc2F)c1C. The van der Waals surface area contributed by atoms with Crippen molar-refractivity contribution in [1.82, 2.24) is 0 Å². The van der Waals surface area contributed by atoms with E-state index in [9.17, 15) is 9.18 Å². The van der Waals surface area contributed by atoms with Gasteiger partial charge in [0.15, 0.2) is 5.78 Å². The fourth-order valence-corrected chi connectivity index (χ4v) is 2.52. The highest BCUT2D eigenvalue weighted by Crippen LogP contribution is 2.26. The molecule has 0 saturated carbocycles. The van der Waals surface area contributed by atoms with Crippen molar-refractivity contribution < 1.29 is 9.18 Å². The molecule has 0 radical (unpaired) electrons. The Morgan fingerprint density at radius 2 is 1.55 bits per heavy atom. The van der Waals surface area contributed by atoms with E-state index in [0.29, 0.717) is 5.56 Å². The topological polar surface area (TPSA) is 17.1 Å². The van der Waals surface area contributed by atoms with Gasteiger partial charge in [-0.05, 0) is 68.1 Å². The van der Waals surface area contributed by atoms with Crippen LogP contribution in [0.15, 0.2) is 24.3 Å². The zero-order valence-corrected chi connectivity index (χ0v) is 12.7. The predicted octanol–water partition coefficient (Wildman–Crippen LogP) is 4.94. The van der Waals surface area contributed by atoms with Crippen molar-refractivity contribution >= 4 is 17.4 Å². The van der Waals surface area contributed by atoms with Crippen molar-refractivity contribution in [3.63, 3.8) is 0 Å². The van der Waals surface area contributed by atoms with Crippen molar-refractivity contribution in [3.8, 4) is 0 Å². The lowest BCUT2D eigenvalue weighted by molar-refractivity contribution is 0.103. The van der Waals surface area contributed by atoms with Gasteiger partial charge >= 0.3 is 0 Å². The summed E-state index contributed by atoms with van der Waals surface area (Å²) >= 11 is 5.73. The average molecular weight is 291 g/mol. The Morgan fingerprint density at radius 3 is 2.05 bits per heavy atom.